The van der Waals surface area contributed by atoms with Crippen molar-refractivity contribution in [3.8, 4) is 59.1 Å². The SMILES string of the molecule is C#Cc1cc(OCCCCCCOc2ccc(-c3ccc(C#N)cc3)cc2)c(C#C)cc1OCCCCCC. The second-order valence-electron chi connectivity index (χ2n) is 9.37. The molecule has 4 nitrogen and oxygen atoms in total. The monoisotopic (exact) mass is 519 g/mol. The van der Waals surface area contributed by atoms with Crippen molar-refractivity contribution in [2.45, 2.75) is 58.3 Å². The fourth-order valence-electron chi connectivity index (χ4n) is 4.15. The first-order chi connectivity index (χ1) is 19.2. The second kappa shape index (κ2) is 16.5. The Labute approximate surface area is 233 Å². The number of ether oxygens (including phenoxy) is 3. The maximum absolute atomic E-state index is 8.94. The minimum atomic E-state index is 0.577. The third kappa shape index (κ3) is 9.48. The lowest BCUT2D eigenvalue weighted by molar-refractivity contribution is 0.285. The van der Waals surface area contributed by atoms with Crippen molar-refractivity contribution in [2.24, 2.45) is 0 Å². The number of terminal acetylenes is 2. The number of unbranched alkanes of at least 4 members (excludes halogenated alkanes) is 6. The molecular formula is C35H37NO3. The number of benzene rings is 3. The van der Waals surface area contributed by atoms with Crippen LogP contribution in [0.5, 0.6) is 17.2 Å². The van der Waals surface area contributed by atoms with E-state index in [1.807, 2.05) is 60.7 Å². The Kier molecular flexibility index (Phi) is 12.4. The van der Waals surface area contributed by atoms with Gasteiger partial charge in [0.2, 0.25) is 0 Å². The Bertz CT molecular complexity index is 1290. The van der Waals surface area contributed by atoms with Crippen LogP contribution in [0.2, 0.25) is 0 Å². The molecule has 39 heavy (non-hydrogen) atoms. The minimum absolute atomic E-state index is 0.577. The van der Waals surface area contributed by atoms with Gasteiger partial charge in [-0.3, -0.25) is 0 Å². The molecular weight excluding hydrogens is 482 g/mol. The summed E-state index contributed by atoms with van der Waals surface area (Å²) in [7, 11) is 0. The summed E-state index contributed by atoms with van der Waals surface area (Å²) >= 11 is 0. The van der Waals surface area contributed by atoms with Gasteiger partial charge in [-0.25, -0.2) is 0 Å². The van der Waals surface area contributed by atoms with E-state index >= 15 is 0 Å². The maximum atomic E-state index is 8.94. The molecule has 0 aromatic heterocycles. The summed E-state index contributed by atoms with van der Waals surface area (Å²) in [4.78, 5) is 0. The lowest BCUT2D eigenvalue weighted by Crippen LogP contribution is -2.03. The van der Waals surface area contributed by atoms with Gasteiger partial charge in [0.15, 0.2) is 0 Å². The van der Waals surface area contributed by atoms with E-state index in [1.54, 1.807) is 0 Å². The van der Waals surface area contributed by atoms with E-state index in [2.05, 4.69) is 24.8 Å². The molecule has 3 aromatic rings. The fraction of sp³-hybridized carbons (Fsp3) is 0.343. The van der Waals surface area contributed by atoms with Gasteiger partial charge in [-0.05, 0) is 67.5 Å². The van der Waals surface area contributed by atoms with Crippen molar-refractivity contribution in [1.29, 1.82) is 5.26 Å². The first-order valence-electron chi connectivity index (χ1n) is 13.8. The number of hydrogen-bond donors (Lipinski definition) is 0. The van der Waals surface area contributed by atoms with E-state index in [4.69, 9.17) is 32.3 Å². The molecule has 0 heterocycles. The van der Waals surface area contributed by atoms with E-state index in [0.717, 1.165) is 55.4 Å². The van der Waals surface area contributed by atoms with Gasteiger partial charge in [0.25, 0.3) is 0 Å². The van der Waals surface area contributed by atoms with Crippen molar-refractivity contribution in [3.63, 3.8) is 0 Å². The topological polar surface area (TPSA) is 51.5 Å². The zero-order valence-electron chi connectivity index (χ0n) is 22.9. The molecule has 3 rings (SSSR count). The average molecular weight is 520 g/mol. The quantitative estimate of drug-likeness (QED) is 0.141. The number of rotatable bonds is 16. The first kappa shape index (κ1) is 29.2. The summed E-state index contributed by atoms with van der Waals surface area (Å²) in [6.45, 7) is 4.07. The molecule has 0 amide bonds. The highest BCUT2D eigenvalue weighted by Gasteiger charge is 2.10. The van der Waals surface area contributed by atoms with Gasteiger partial charge in [0.1, 0.15) is 17.2 Å². The summed E-state index contributed by atoms with van der Waals surface area (Å²) < 4.78 is 17.8. The summed E-state index contributed by atoms with van der Waals surface area (Å²) in [5.41, 5.74) is 4.17. The Balaban J connectivity index is 1.34. The van der Waals surface area contributed by atoms with Crippen LogP contribution in [-0.2, 0) is 0 Å². The first-order valence-corrected chi connectivity index (χ1v) is 13.8. The molecule has 0 N–H and O–H groups in total. The lowest BCUT2D eigenvalue weighted by atomic mass is 10.0. The van der Waals surface area contributed by atoms with Crippen LogP contribution in [0.15, 0.2) is 60.7 Å². The lowest BCUT2D eigenvalue weighted by Gasteiger charge is -2.13. The fourth-order valence-corrected chi connectivity index (χ4v) is 4.15. The molecule has 0 saturated heterocycles. The van der Waals surface area contributed by atoms with Gasteiger partial charge >= 0.3 is 0 Å². The zero-order chi connectivity index (χ0) is 27.7. The number of hydrogen-bond acceptors (Lipinski definition) is 4. The van der Waals surface area contributed by atoms with Crippen molar-refractivity contribution < 1.29 is 14.2 Å². The van der Waals surface area contributed by atoms with Crippen LogP contribution in [0.3, 0.4) is 0 Å². The van der Waals surface area contributed by atoms with Crippen LogP contribution in [0.25, 0.3) is 11.1 Å². The smallest absolute Gasteiger partial charge is 0.136 e. The Hall–Kier alpha value is -4.33. The average Bonchev–Trinajstić information content (AvgIpc) is 2.98. The van der Waals surface area contributed by atoms with E-state index in [1.165, 1.54) is 12.8 Å². The molecule has 0 atom stereocenters. The Morgan fingerprint density at radius 1 is 0.615 bits per heavy atom. The number of nitrogens with zero attached hydrogens (tertiary/aromatic N) is 1. The predicted molar refractivity (Wildman–Crippen MR) is 158 cm³/mol. The molecule has 0 aliphatic rings. The largest absolute Gasteiger partial charge is 0.494 e. The van der Waals surface area contributed by atoms with Crippen LogP contribution in [-0.4, -0.2) is 19.8 Å². The van der Waals surface area contributed by atoms with Gasteiger partial charge in [-0.15, -0.1) is 12.8 Å². The third-order valence-corrected chi connectivity index (χ3v) is 6.41. The standard InChI is InChI=1S/C35H37NO3/c1-4-7-8-11-23-38-34-25-30(6-3)35(26-29(34)5-2)39-24-13-10-9-12-22-37-33-20-18-32(19-21-33)31-16-14-28(27-36)15-17-31/h2-3,14-21,25-26H,4,7-13,22-24H2,1H3. The van der Waals surface area contributed by atoms with Crippen LogP contribution in [0.4, 0.5) is 0 Å². The van der Waals surface area contributed by atoms with Crippen LogP contribution in [0, 0.1) is 36.0 Å². The molecule has 0 radical (unpaired) electrons. The van der Waals surface area contributed by atoms with Gasteiger partial charge in [-0.1, -0.05) is 62.3 Å². The van der Waals surface area contributed by atoms with Gasteiger partial charge in [-0.2, -0.15) is 5.26 Å². The molecule has 4 heteroatoms. The molecule has 0 aliphatic carbocycles. The van der Waals surface area contributed by atoms with Gasteiger partial charge in [0, 0.05) is 12.1 Å². The molecule has 0 spiro atoms. The van der Waals surface area contributed by atoms with Crippen molar-refractivity contribution in [1.82, 2.24) is 0 Å². The van der Waals surface area contributed by atoms with Crippen LogP contribution < -0.4 is 14.2 Å². The summed E-state index contributed by atoms with van der Waals surface area (Å²) in [6.07, 6.45) is 20.0. The molecule has 0 saturated carbocycles. The second-order valence-corrected chi connectivity index (χ2v) is 9.37. The predicted octanol–water partition coefficient (Wildman–Crippen LogP) is 8.17. The molecule has 0 fully saturated rings. The van der Waals surface area contributed by atoms with E-state index in [9.17, 15) is 0 Å². The minimum Gasteiger partial charge on any atom is -0.494 e. The summed E-state index contributed by atoms with van der Waals surface area (Å²) in [5, 5.41) is 8.94. The van der Waals surface area contributed by atoms with Crippen LogP contribution >= 0.6 is 0 Å². The van der Waals surface area contributed by atoms with E-state index in [-0.39, 0.29) is 0 Å². The van der Waals surface area contributed by atoms with E-state index in [0.29, 0.717) is 48.0 Å². The van der Waals surface area contributed by atoms with Crippen molar-refractivity contribution in [2.75, 3.05) is 19.8 Å². The maximum Gasteiger partial charge on any atom is 0.136 e. The molecule has 0 unspecified atom stereocenters. The van der Waals surface area contributed by atoms with Gasteiger partial charge < -0.3 is 14.2 Å². The van der Waals surface area contributed by atoms with Crippen molar-refractivity contribution >= 4 is 0 Å². The Morgan fingerprint density at radius 2 is 1.08 bits per heavy atom. The Morgan fingerprint density at radius 3 is 1.54 bits per heavy atom. The normalized spacial score (nSPS) is 10.2. The summed E-state index contributed by atoms with van der Waals surface area (Å²) in [6, 6.07) is 21.4. The highest BCUT2D eigenvalue weighted by Crippen LogP contribution is 2.29. The highest BCUT2D eigenvalue weighted by molar-refractivity contribution is 5.65. The van der Waals surface area contributed by atoms with Gasteiger partial charge in [0.05, 0.1) is 42.6 Å². The van der Waals surface area contributed by atoms with E-state index < -0.39 is 0 Å². The summed E-state index contributed by atoms with van der Waals surface area (Å²) in [5.74, 6) is 7.54. The molecule has 0 bridgehead atoms. The molecule has 200 valence electrons. The molecule has 3 aromatic carbocycles. The zero-order valence-corrected chi connectivity index (χ0v) is 22.9. The third-order valence-electron chi connectivity index (χ3n) is 6.41. The van der Waals surface area contributed by atoms with Crippen LogP contribution in [0.1, 0.15) is 75.0 Å². The van der Waals surface area contributed by atoms with Crippen molar-refractivity contribution in [3.05, 3.63) is 77.4 Å². The molecule has 0 aliphatic heterocycles. The highest BCUT2D eigenvalue weighted by atomic mass is 16.5. The number of nitriles is 1.